The van der Waals surface area contributed by atoms with Gasteiger partial charge in [0.1, 0.15) is 0 Å². The van der Waals surface area contributed by atoms with Gasteiger partial charge in [-0.05, 0) is 31.2 Å². The number of hydroxylamine groups is 1. The van der Waals surface area contributed by atoms with Gasteiger partial charge < -0.3 is 4.84 Å². The van der Waals surface area contributed by atoms with E-state index in [4.69, 9.17) is 4.84 Å². The van der Waals surface area contributed by atoms with Crippen LogP contribution in [0.4, 0.5) is 0 Å². The molecule has 0 bridgehead atoms. The number of benzene rings is 1. The lowest BCUT2D eigenvalue weighted by atomic mass is 10.1. The second kappa shape index (κ2) is 5.12. The van der Waals surface area contributed by atoms with Crippen molar-refractivity contribution >= 4 is 5.91 Å². The molecule has 4 nitrogen and oxygen atoms in total. The number of nitrogens with zero attached hydrogens (tertiary/aromatic N) is 1. The van der Waals surface area contributed by atoms with Gasteiger partial charge in [-0.25, -0.2) is 0 Å². The molecule has 2 aromatic rings. The Hall–Kier alpha value is -2.36. The van der Waals surface area contributed by atoms with E-state index in [1.54, 1.807) is 30.5 Å². The first kappa shape index (κ1) is 11.1. The van der Waals surface area contributed by atoms with E-state index >= 15 is 0 Å². The van der Waals surface area contributed by atoms with Crippen molar-refractivity contribution in [3.63, 3.8) is 0 Å². The highest BCUT2D eigenvalue weighted by atomic mass is 16.7. The molecule has 1 aromatic carbocycles. The molecule has 1 N–H and O–H groups in total. The van der Waals surface area contributed by atoms with Gasteiger partial charge in [0, 0.05) is 11.8 Å². The molecule has 0 radical (unpaired) electrons. The lowest BCUT2D eigenvalue weighted by Crippen LogP contribution is -2.26. The Morgan fingerprint density at radius 1 is 1.24 bits per heavy atom. The summed E-state index contributed by atoms with van der Waals surface area (Å²) in [5.74, 6) is 0.210. The molecule has 17 heavy (non-hydrogen) atoms. The SMILES string of the molecule is Cc1ccc(C(=O)NOc2cccnc2)cc1. The number of aromatic nitrogens is 1. The summed E-state index contributed by atoms with van der Waals surface area (Å²) in [4.78, 5) is 20.6. The summed E-state index contributed by atoms with van der Waals surface area (Å²) in [6, 6.07) is 10.7. The molecule has 0 aliphatic rings. The van der Waals surface area contributed by atoms with Crippen LogP contribution in [0.3, 0.4) is 0 Å². The van der Waals surface area contributed by atoms with Crippen LogP contribution in [0, 0.1) is 6.92 Å². The number of amides is 1. The zero-order chi connectivity index (χ0) is 12.1. The Labute approximate surface area is 99.2 Å². The number of carbonyl (C=O) groups is 1. The molecule has 1 heterocycles. The van der Waals surface area contributed by atoms with E-state index in [1.807, 2.05) is 19.1 Å². The van der Waals surface area contributed by atoms with Crippen LogP contribution < -0.4 is 10.3 Å². The fourth-order valence-electron chi connectivity index (χ4n) is 1.28. The molecule has 0 unspecified atom stereocenters. The number of nitrogens with one attached hydrogen (secondary N) is 1. The van der Waals surface area contributed by atoms with Gasteiger partial charge in [-0.1, -0.05) is 17.7 Å². The Kier molecular flexibility index (Phi) is 3.35. The van der Waals surface area contributed by atoms with Gasteiger partial charge in [-0.3, -0.25) is 9.78 Å². The van der Waals surface area contributed by atoms with E-state index in [9.17, 15) is 4.79 Å². The summed E-state index contributed by atoms with van der Waals surface area (Å²) in [7, 11) is 0. The van der Waals surface area contributed by atoms with Crippen molar-refractivity contribution < 1.29 is 9.63 Å². The van der Waals surface area contributed by atoms with Crippen molar-refractivity contribution in [1.29, 1.82) is 0 Å². The Bertz CT molecular complexity index is 495. The standard InChI is InChI=1S/C13H12N2O2/c1-10-4-6-11(7-5-10)13(16)15-17-12-3-2-8-14-9-12/h2-9H,1H3,(H,15,16). The molecule has 0 spiro atoms. The van der Waals surface area contributed by atoms with Crippen molar-refractivity contribution in [2.75, 3.05) is 0 Å². The zero-order valence-electron chi connectivity index (χ0n) is 9.38. The molecule has 0 aliphatic heterocycles. The minimum atomic E-state index is -0.283. The van der Waals surface area contributed by atoms with Crippen LogP contribution in [0.5, 0.6) is 5.75 Å². The normalized spacial score (nSPS) is 9.71. The number of hydrogen-bond donors (Lipinski definition) is 1. The number of rotatable bonds is 3. The molecule has 86 valence electrons. The van der Waals surface area contributed by atoms with Gasteiger partial charge in [-0.2, -0.15) is 5.48 Å². The minimum absolute atomic E-state index is 0.283. The first-order valence-electron chi connectivity index (χ1n) is 5.19. The predicted octanol–water partition coefficient (Wildman–Crippen LogP) is 2.11. The molecule has 0 saturated carbocycles. The Morgan fingerprint density at radius 2 is 2.00 bits per heavy atom. The van der Waals surface area contributed by atoms with Crippen LogP contribution >= 0.6 is 0 Å². The van der Waals surface area contributed by atoms with E-state index in [2.05, 4.69) is 10.5 Å². The van der Waals surface area contributed by atoms with E-state index in [0.717, 1.165) is 5.56 Å². The molecule has 1 aromatic heterocycles. The van der Waals surface area contributed by atoms with Crippen molar-refractivity contribution in [2.24, 2.45) is 0 Å². The third-order valence-electron chi connectivity index (χ3n) is 2.21. The highest BCUT2D eigenvalue weighted by Crippen LogP contribution is 2.06. The maximum Gasteiger partial charge on any atom is 0.283 e. The maximum atomic E-state index is 11.7. The van der Waals surface area contributed by atoms with E-state index in [0.29, 0.717) is 11.3 Å². The molecule has 0 aliphatic carbocycles. The molecule has 0 saturated heterocycles. The fraction of sp³-hybridized carbons (Fsp3) is 0.0769. The summed E-state index contributed by atoms with van der Waals surface area (Å²) in [5, 5.41) is 0. The highest BCUT2D eigenvalue weighted by molar-refractivity contribution is 5.93. The summed E-state index contributed by atoms with van der Waals surface area (Å²) < 4.78 is 0. The minimum Gasteiger partial charge on any atom is -0.378 e. The van der Waals surface area contributed by atoms with Crippen molar-refractivity contribution in [3.8, 4) is 5.75 Å². The summed E-state index contributed by atoms with van der Waals surface area (Å²) >= 11 is 0. The molecular weight excluding hydrogens is 216 g/mol. The van der Waals surface area contributed by atoms with Crippen molar-refractivity contribution in [1.82, 2.24) is 10.5 Å². The quantitative estimate of drug-likeness (QED) is 0.818. The Balaban J connectivity index is 1.96. The fourth-order valence-corrected chi connectivity index (χ4v) is 1.28. The second-order valence-corrected chi connectivity index (χ2v) is 3.59. The number of pyridine rings is 1. The van der Waals surface area contributed by atoms with Crippen molar-refractivity contribution in [3.05, 3.63) is 59.9 Å². The summed E-state index contributed by atoms with van der Waals surface area (Å²) in [6.45, 7) is 1.97. The van der Waals surface area contributed by atoms with Crippen molar-refractivity contribution in [2.45, 2.75) is 6.92 Å². The van der Waals surface area contributed by atoms with Gasteiger partial charge in [0.15, 0.2) is 5.75 Å². The highest BCUT2D eigenvalue weighted by Gasteiger charge is 2.05. The molecule has 0 fully saturated rings. The summed E-state index contributed by atoms with van der Waals surface area (Å²) in [5.41, 5.74) is 4.02. The number of hydrogen-bond acceptors (Lipinski definition) is 3. The van der Waals surface area contributed by atoms with Gasteiger partial charge >= 0.3 is 0 Å². The van der Waals surface area contributed by atoms with Crippen LogP contribution in [0.1, 0.15) is 15.9 Å². The van der Waals surface area contributed by atoms with E-state index in [-0.39, 0.29) is 5.91 Å². The van der Waals surface area contributed by atoms with Gasteiger partial charge in [-0.15, -0.1) is 0 Å². The molecule has 1 amide bonds. The third-order valence-corrected chi connectivity index (χ3v) is 2.21. The topological polar surface area (TPSA) is 51.2 Å². The third kappa shape index (κ3) is 3.04. The predicted molar refractivity (Wildman–Crippen MR) is 63.5 cm³/mol. The van der Waals surface area contributed by atoms with Crippen LogP contribution in [0.15, 0.2) is 48.8 Å². The number of aryl methyl sites for hydroxylation is 1. The molecule has 0 atom stereocenters. The smallest absolute Gasteiger partial charge is 0.283 e. The van der Waals surface area contributed by atoms with E-state index in [1.165, 1.54) is 6.20 Å². The van der Waals surface area contributed by atoms with Gasteiger partial charge in [0.25, 0.3) is 5.91 Å². The van der Waals surface area contributed by atoms with E-state index < -0.39 is 0 Å². The zero-order valence-corrected chi connectivity index (χ0v) is 9.38. The average Bonchev–Trinajstić information content (AvgIpc) is 2.38. The average molecular weight is 228 g/mol. The largest absolute Gasteiger partial charge is 0.378 e. The first-order chi connectivity index (χ1) is 8.25. The summed E-state index contributed by atoms with van der Waals surface area (Å²) in [6.07, 6.45) is 3.16. The molecule has 4 heteroatoms. The van der Waals surface area contributed by atoms with Crippen LogP contribution in [0.25, 0.3) is 0 Å². The lowest BCUT2D eigenvalue weighted by molar-refractivity contribution is 0.0759. The number of carbonyl (C=O) groups excluding carboxylic acids is 1. The lowest BCUT2D eigenvalue weighted by Gasteiger charge is -2.06. The molecular formula is C13H12N2O2. The van der Waals surface area contributed by atoms with Crippen LogP contribution in [-0.4, -0.2) is 10.9 Å². The van der Waals surface area contributed by atoms with Crippen LogP contribution in [0.2, 0.25) is 0 Å². The molecule has 2 rings (SSSR count). The second-order valence-electron chi connectivity index (χ2n) is 3.59. The first-order valence-corrected chi connectivity index (χ1v) is 5.19. The van der Waals surface area contributed by atoms with Gasteiger partial charge in [0.05, 0.1) is 6.20 Å². The Morgan fingerprint density at radius 3 is 2.65 bits per heavy atom. The maximum absolute atomic E-state index is 11.7. The van der Waals surface area contributed by atoms with Crippen LogP contribution in [-0.2, 0) is 0 Å². The van der Waals surface area contributed by atoms with Gasteiger partial charge in [0.2, 0.25) is 0 Å². The monoisotopic (exact) mass is 228 g/mol.